The molecule has 0 saturated heterocycles. The average molecular weight is 460 g/mol. The Hall–Kier alpha value is -3.11. The molecule has 0 aromatic heterocycles. The lowest BCUT2D eigenvalue weighted by molar-refractivity contribution is -0.113. The second-order valence-corrected chi connectivity index (χ2v) is 7.98. The van der Waals surface area contributed by atoms with Gasteiger partial charge in [0, 0.05) is 10.0 Å². The van der Waals surface area contributed by atoms with Crippen LogP contribution in [-0.2, 0) is 4.79 Å². The van der Waals surface area contributed by atoms with Gasteiger partial charge >= 0.3 is 0 Å². The topological polar surface area (TPSA) is 29.5 Å². The summed E-state index contributed by atoms with van der Waals surface area (Å²) >= 11 is 3.51. The molecule has 0 radical (unpaired) electrons. The monoisotopic (exact) mass is 459 g/mol. The highest BCUT2D eigenvalue weighted by atomic mass is 79.9. The van der Waals surface area contributed by atoms with Crippen molar-refractivity contribution in [3.63, 3.8) is 0 Å². The fraction of sp³-hybridized carbons (Fsp3) is 0.115. The van der Waals surface area contributed by atoms with Gasteiger partial charge in [-0.2, -0.15) is 0 Å². The van der Waals surface area contributed by atoms with E-state index in [1.165, 1.54) is 0 Å². The molecule has 4 rings (SSSR count). The van der Waals surface area contributed by atoms with Gasteiger partial charge in [0.05, 0.1) is 18.0 Å². The van der Waals surface area contributed by atoms with Gasteiger partial charge in [0.25, 0.3) is 5.91 Å². The highest BCUT2D eigenvalue weighted by molar-refractivity contribution is 9.10. The number of rotatable bonds is 5. The van der Waals surface area contributed by atoms with E-state index in [2.05, 4.69) is 15.9 Å². The number of ether oxygens (including phenoxy) is 1. The molecule has 0 bridgehead atoms. The van der Waals surface area contributed by atoms with Gasteiger partial charge < -0.3 is 4.74 Å². The summed E-state index contributed by atoms with van der Waals surface area (Å²) in [4.78, 5) is 15.3. The molecule has 3 aromatic rings. The molecular weight excluding hydrogens is 438 g/mol. The summed E-state index contributed by atoms with van der Waals surface area (Å²) in [5.41, 5.74) is 5.40. The van der Waals surface area contributed by atoms with Gasteiger partial charge in [-0.15, -0.1) is 0 Å². The third-order valence-electron chi connectivity index (χ3n) is 4.97. The zero-order valence-corrected chi connectivity index (χ0v) is 18.5. The van der Waals surface area contributed by atoms with E-state index in [0.717, 1.165) is 38.3 Å². The maximum Gasteiger partial charge on any atom is 0.262 e. The predicted molar refractivity (Wildman–Crippen MR) is 126 cm³/mol. The molecule has 1 heterocycles. The number of carbonyl (C=O) groups is 1. The summed E-state index contributed by atoms with van der Waals surface area (Å²) in [6, 6.07) is 23.8. The Morgan fingerprint density at radius 2 is 1.73 bits per heavy atom. The van der Waals surface area contributed by atoms with Crippen LogP contribution in [0, 0.1) is 6.92 Å². The van der Waals surface area contributed by atoms with E-state index < -0.39 is 0 Å². The van der Waals surface area contributed by atoms with Gasteiger partial charge in [0.15, 0.2) is 0 Å². The first-order valence-corrected chi connectivity index (χ1v) is 10.7. The quantitative estimate of drug-likeness (QED) is 0.400. The van der Waals surface area contributed by atoms with E-state index in [-0.39, 0.29) is 5.91 Å². The number of amides is 1. The number of halogens is 1. The molecule has 3 nitrogen and oxygen atoms in total. The summed E-state index contributed by atoms with van der Waals surface area (Å²) in [7, 11) is 0. The van der Waals surface area contributed by atoms with Gasteiger partial charge in [0.2, 0.25) is 0 Å². The molecule has 1 aliphatic heterocycles. The van der Waals surface area contributed by atoms with Crippen molar-refractivity contribution in [1.29, 1.82) is 0 Å². The van der Waals surface area contributed by atoms with Crippen molar-refractivity contribution in [2.75, 3.05) is 11.5 Å². The van der Waals surface area contributed by atoms with Crippen LogP contribution in [0.1, 0.15) is 23.6 Å². The molecule has 30 heavy (non-hydrogen) atoms. The summed E-state index contributed by atoms with van der Waals surface area (Å²) in [5, 5.41) is 0. The molecule has 0 spiro atoms. The molecule has 1 amide bonds. The van der Waals surface area contributed by atoms with Crippen LogP contribution in [-0.4, -0.2) is 12.5 Å². The van der Waals surface area contributed by atoms with E-state index in [1.54, 1.807) is 4.90 Å². The van der Waals surface area contributed by atoms with Crippen molar-refractivity contribution in [3.8, 4) is 5.75 Å². The highest BCUT2D eigenvalue weighted by Crippen LogP contribution is 2.37. The van der Waals surface area contributed by atoms with Crippen molar-refractivity contribution < 1.29 is 9.53 Å². The number of benzene rings is 3. The minimum atomic E-state index is -0.0341. The Labute approximate surface area is 185 Å². The lowest BCUT2D eigenvalue weighted by Gasteiger charge is -2.23. The number of nitrogens with zero attached hydrogens (tertiary/aromatic N) is 1. The van der Waals surface area contributed by atoms with Crippen molar-refractivity contribution in [2.24, 2.45) is 0 Å². The number of hydrogen-bond acceptors (Lipinski definition) is 2. The molecule has 0 atom stereocenters. The fourth-order valence-corrected chi connectivity index (χ4v) is 4.03. The Kier molecular flexibility index (Phi) is 5.86. The average Bonchev–Trinajstić information content (AvgIpc) is 3.06. The first-order chi connectivity index (χ1) is 14.6. The summed E-state index contributed by atoms with van der Waals surface area (Å²) < 4.78 is 6.50. The predicted octanol–water partition coefficient (Wildman–Crippen LogP) is 6.63. The molecule has 0 N–H and O–H groups in total. The summed E-state index contributed by atoms with van der Waals surface area (Å²) in [6.07, 6.45) is 3.89. The molecule has 0 saturated carbocycles. The maximum atomic E-state index is 13.5. The first kappa shape index (κ1) is 20.2. The second kappa shape index (κ2) is 8.72. The number of carbonyl (C=O) groups excluding carboxylic acids is 1. The van der Waals surface area contributed by atoms with E-state index >= 15 is 0 Å². The lowest BCUT2D eigenvalue weighted by Crippen LogP contribution is -2.25. The van der Waals surface area contributed by atoms with Crippen molar-refractivity contribution in [1.82, 2.24) is 0 Å². The largest absolute Gasteiger partial charge is 0.494 e. The van der Waals surface area contributed by atoms with Crippen molar-refractivity contribution in [3.05, 3.63) is 106 Å². The second-order valence-electron chi connectivity index (χ2n) is 7.07. The summed E-state index contributed by atoms with van der Waals surface area (Å²) in [5.74, 6) is 0.790. The normalized spacial score (nSPS) is 14.9. The lowest BCUT2D eigenvalue weighted by atomic mass is 10.1. The minimum Gasteiger partial charge on any atom is -0.494 e. The molecular formula is C26H22BrNO2. The number of hydrogen-bond donors (Lipinski definition) is 0. The van der Waals surface area contributed by atoms with Crippen LogP contribution in [0.3, 0.4) is 0 Å². The Balaban J connectivity index is 1.77. The third kappa shape index (κ3) is 4.10. The minimum absolute atomic E-state index is 0.0341. The Bertz CT molecular complexity index is 1130. The van der Waals surface area contributed by atoms with Gasteiger partial charge in [0.1, 0.15) is 5.75 Å². The summed E-state index contributed by atoms with van der Waals surface area (Å²) in [6.45, 7) is 4.61. The van der Waals surface area contributed by atoms with Crippen LogP contribution in [0.15, 0.2) is 88.9 Å². The van der Waals surface area contributed by atoms with Crippen LogP contribution in [0.2, 0.25) is 0 Å². The van der Waals surface area contributed by atoms with Crippen LogP contribution >= 0.6 is 15.9 Å². The Morgan fingerprint density at radius 1 is 1.00 bits per heavy atom. The van der Waals surface area contributed by atoms with E-state index in [1.807, 2.05) is 98.8 Å². The van der Waals surface area contributed by atoms with Gasteiger partial charge in [-0.3, -0.25) is 9.69 Å². The van der Waals surface area contributed by atoms with Gasteiger partial charge in [-0.1, -0.05) is 58.4 Å². The molecule has 0 aliphatic carbocycles. The molecule has 1 aliphatic rings. The number of aryl methyl sites for hydroxylation is 1. The van der Waals surface area contributed by atoms with Crippen molar-refractivity contribution >= 4 is 39.3 Å². The fourth-order valence-electron chi connectivity index (χ4n) is 3.55. The number of anilines is 1. The maximum absolute atomic E-state index is 13.5. The van der Waals surface area contributed by atoms with Gasteiger partial charge in [-0.05, 0) is 73.0 Å². The van der Waals surface area contributed by atoms with Crippen LogP contribution in [0.5, 0.6) is 5.75 Å². The SMILES string of the molecule is CCOc1ccc(/C=C2\C=C(c3ccccc3)N(c3ccc(Br)cc3C)C2=O)cc1. The molecule has 3 aromatic carbocycles. The highest BCUT2D eigenvalue weighted by Gasteiger charge is 2.31. The van der Waals surface area contributed by atoms with E-state index in [9.17, 15) is 4.79 Å². The van der Waals surface area contributed by atoms with E-state index in [0.29, 0.717) is 12.2 Å². The smallest absolute Gasteiger partial charge is 0.262 e. The third-order valence-corrected chi connectivity index (χ3v) is 5.46. The Morgan fingerprint density at radius 3 is 2.40 bits per heavy atom. The van der Waals surface area contributed by atoms with Crippen molar-refractivity contribution in [2.45, 2.75) is 13.8 Å². The molecule has 0 fully saturated rings. The first-order valence-electron chi connectivity index (χ1n) is 9.89. The molecule has 4 heteroatoms. The molecule has 0 unspecified atom stereocenters. The van der Waals surface area contributed by atoms with Gasteiger partial charge in [-0.25, -0.2) is 0 Å². The zero-order chi connectivity index (χ0) is 21.1. The van der Waals surface area contributed by atoms with Crippen LogP contribution < -0.4 is 9.64 Å². The standard InChI is InChI=1S/C26H22BrNO2/c1-3-30-23-12-9-19(10-13-23)16-21-17-25(20-7-5-4-6-8-20)28(26(21)29)24-14-11-22(27)15-18(24)2/h4-17H,3H2,1-2H3/b21-16+. The molecule has 150 valence electrons. The van der Waals surface area contributed by atoms with E-state index in [4.69, 9.17) is 4.74 Å². The van der Waals surface area contributed by atoms with Crippen LogP contribution in [0.25, 0.3) is 11.8 Å². The van der Waals surface area contributed by atoms with Crippen LogP contribution in [0.4, 0.5) is 5.69 Å². The zero-order valence-electron chi connectivity index (χ0n) is 16.9.